The number of hydrogen-bond acceptors (Lipinski definition) is 4. The van der Waals surface area contributed by atoms with Gasteiger partial charge in [0.25, 0.3) is 0 Å². The summed E-state index contributed by atoms with van der Waals surface area (Å²) in [5.74, 6) is -4.25. The lowest BCUT2D eigenvalue weighted by atomic mass is 9.82. The molecule has 0 saturated heterocycles. The van der Waals surface area contributed by atoms with Gasteiger partial charge in [0.15, 0.2) is 0 Å². The Labute approximate surface area is 170 Å². The van der Waals surface area contributed by atoms with Gasteiger partial charge in [0.1, 0.15) is 5.82 Å². The molecule has 1 aliphatic carbocycles. The van der Waals surface area contributed by atoms with Crippen LogP contribution in [0.15, 0.2) is 18.3 Å². The molecule has 2 amide bonds. The van der Waals surface area contributed by atoms with Gasteiger partial charge < -0.3 is 16.4 Å². The first-order chi connectivity index (χ1) is 13.9. The molecular formula is C19H25F5N4O2. The lowest BCUT2D eigenvalue weighted by Gasteiger charge is -2.31. The maximum absolute atomic E-state index is 13.3. The highest BCUT2D eigenvalue weighted by Crippen LogP contribution is 2.37. The van der Waals surface area contributed by atoms with Crippen LogP contribution in [0.2, 0.25) is 0 Å². The molecule has 6 nitrogen and oxygen atoms in total. The van der Waals surface area contributed by atoms with E-state index in [1.54, 1.807) is 13.0 Å². The zero-order chi connectivity index (χ0) is 22.5. The van der Waals surface area contributed by atoms with Crippen molar-refractivity contribution in [1.82, 2.24) is 10.3 Å². The van der Waals surface area contributed by atoms with Crippen LogP contribution < -0.4 is 16.4 Å². The van der Waals surface area contributed by atoms with E-state index in [2.05, 4.69) is 15.6 Å². The number of nitrogens with zero attached hydrogens (tertiary/aromatic N) is 1. The molecule has 30 heavy (non-hydrogen) atoms. The first-order valence-electron chi connectivity index (χ1n) is 9.63. The predicted molar refractivity (Wildman–Crippen MR) is 99.6 cm³/mol. The second-order valence-electron chi connectivity index (χ2n) is 7.59. The molecule has 4 N–H and O–H groups in total. The van der Waals surface area contributed by atoms with E-state index in [-0.39, 0.29) is 37.4 Å². The molecule has 2 atom stereocenters. The molecule has 1 aromatic rings. The molecule has 2 rings (SSSR count). The standard InChI is InChI=1S/C19H25F5N4O2/c1-11(27-15(29)4-8-19(22,23)24)13-5-9-26-14(10-13)28-17(30)16(25)12-2-6-18(20,21)7-3-12/h5,9-12,16H,2-4,6-8,25H2,1H3,(H,27,29)(H,26,28,30)/t11?,16-/m1/s1. The number of hydrogen-bond donors (Lipinski definition) is 3. The van der Waals surface area contributed by atoms with Crippen LogP contribution in [-0.4, -0.2) is 34.9 Å². The lowest BCUT2D eigenvalue weighted by molar-refractivity contribution is -0.144. The Balaban J connectivity index is 1.91. The summed E-state index contributed by atoms with van der Waals surface area (Å²) < 4.78 is 63.2. The van der Waals surface area contributed by atoms with E-state index in [9.17, 15) is 31.5 Å². The third-order valence-electron chi connectivity index (χ3n) is 5.12. The van der Waals surface area contributed by atoms with Crippen LogP contribution in [0, 0.1) is 5.92 Å². The van der Waals surface area contributed by atoms with Gasteiger partial charge in [-0.15, -0.1) is 0 Å². The average Bonchev–Trinajstić information content (AvgIpc) is 2.65. The first-order valence-corrected chi connectivity index (χ1v) is 9.63. The Hall–Kier alpha value is -2.30. The molecule has 0 aliphatic heterocycles. The highest BCUT2D eigenvalue weighted by atomic mass is 19.4. The van der Waals surface area contributed by atoms with Crippen molar-refractivity contribution in [1.29, 1.82) is 0 Å². The van der Waals surface area contributed by atoms with Gasteiger partial charge in [-0.2, -0.15) is 13.2 Å². The number of aromatic nitrogens is 1. The van der Waals surface area contributed by atoms with Crippen molar-refractivity contribution in [3.8, 4) is 0 Å². The second kappa shape index (κ2) is 9.67. The predicted octanol–water partition coefficient (Wildman–Crippen LogP) is 3.69. The molecule has 1 unspecified atom stereocenters. The van der Waals surface area contributed by atoms with Crippen LogP contribution in [0.4, 0.5) is 27.8 Å². The summed E-state index contributed by atoms with van der Waals surface area (Å²) in [4.78, 5) is 28.0. The van der Waals surface area contributed by atoms with Gasteiger partial charge in [-0.3, -0.25) is 9.59 Å². The first kappa shape index (κ1) is 24.0. The van der Waals surface area contributed by atoms with E-state index >= 15 is 0 Å². The zero-order valence-corrected chi connectivity index (χ0v) is 16.4. The maximum Gasteiger partial charge on any atom is 0.389 e. The molecule has 11 heteroatoms. The maximum atomic E-state index is 13.3. The van der Waals surface area contributed by atoms with Crippen LogP contribution in [0.25, 0.3) is 0 Å². The van der Waals surface area contributed by atoms with Crippen molar-refractivity contribution in [2.24, 2.45) is 11.7 Å². The van der Waals surface area contributed by atoms with Gasteiger partial charge in [-0.1, -0.05) is 0 Å². The van der Waals surface area contributed by atoms with Crippen LogP contribution in [0.1, 0.15) is 57.1 Å². The number of pyridine rings is 1. The minimum absolute atomic E-state index is 0.144. The van der Waals surface area contributed by atoms with Crippen molar-refractivity contribution in [2.45, 2.75) is 69.6 Å². The number of nitrogens with one attached hydrogen (secondary N) is 2. The summed E-state index contributed by atoms with van der Waals surface area (Å²) in [7, 11) is 0. The van der Waals surface area contributed by atoms with E-state index in [1.807, 2.05) is 0 Å². The van der Waals surface area contributed by atoms with Crippen molar-refractivity contribution in [2.75, 3.05) is 5.32 Å². The summed E-state index contributed by atoms with van der Waals surface area (Å²) in [6.07, 6.45) is -5.26. The summed E-state index contributed by atoms with van der Waals surface area (Å²) in [5, 5.41) is 4.99. The smallest absolute Gasteiger partial charge is 0.350 e. The topological polar surface area (TPSA) is 97.1 Å². The molecular weight excluding hydrogens is 411 g/mol. The van der Waals surface area contributed by atoms with E-state index in [0.29, 0.717) is 5.56 Å². The van der Waals surface area contributed by atoms with E-state index in [1.165, 1.54) is 12.3 Å². The highest BCUT2D eigenvalue weighted by molar-refractivity contribution is 5.94. The zero-order valence-electron chi connectivity index (χ0n) is 16.4. The van der Waals surface area contributed by atoms with E-state index in [0.717, 1.165) is 0 Å². The number of amides is 2. The summed E-state index contributed by atoms with van der Waals surface area (Å²) >= 11 is 0. The molecule has 1 heterocycles. The Morgan fingerprint density at radius 3 is 2.53 bits per heavy atom. The number of nitrogens with two attached hydrogens (primary N) is 1. The third kappa shape index (κ3) is 7.51. The Bertz CT molecular complexity index is 747. The molecule has 0 radical (unpaired) electrons. The largest absolute Gasteiger partial charge is 0.389 e. The van der Waals surface area contributed by atoms with Gasteiger partial charge >= 0.3 is 6.18 Å². The van der Waals surface area contributed by atoms with Crippen LogP contribution in [-0.2, 0) is 9.59 Å². The van der Waals surface area contributed by atoms with E-state index in [4.69, 9.17) is 5.73 Å². The Kier molecular flexibility index (Phi) is 7.73. The second-order valence-corrected chi connectivity index (χ2v) is 7.59. The molecule has 0 spiro atoms. The highest BCUT2D eigenvalue weighted by Gasteiger charge is 2.38. The van der Waals surface area contributed by atoms with Crippen LogP contribution in [0.5, 0.6) is 0 Å². The number of halogens is 5. The van der Waals surface area contributed by atoms with Crippen molar-refractivity contribution in [3.63, 3.8) is 0 Å². The fourth-order valence-corrected chi connectivity index (χ4v) is 3.28. The summed E-state index contributed by atoms with van der Waals surface area (Å²) in [5.41, 5.74) is 6.45. The molecule has 1 aliphatic rings. The molecule has 1 saturated carbocycles. The van der Waals surface area contributed by atoms with Gasteiger partial charge in [-0.25, -0.2) is 13.8 Å². The fraction of sp³-hybridized carbons (Fsp3) is 0.632. The Morgan fingerprint density at radius 1 is 1.30 bits per heavy atom. The SMILES string of the molecule is CC(NC(=O)CCC(F)(F)F)c1ccnc(NC(=O)[C@H](N)C2CCC(F)(F)CC2)c1. The number of carbonyl (C=O) groups excluding carboxylic acids is 2. The molecule has 168 valence electrons. The number of anilines is 1. The van der Waals surface area contributed by atoms with Crippen molar-refractivity contribution >= 4 is 17.6 Å². The summed E-state index contributed by atoms with van der Waals surface area (Å²) in [6, 6.07) is 1.44. The molecule has 1 fully saturated rings. The van der Waals surface area contributed by atoms with Gasteiger partial charge in [0.05, 0.1) is 18.5 Å². The Morgan fingerprint density at radius 2 is 1.93 bits per heavy atom. The van der Waals surface area contributed by atoms with Crippen LogP contribution in [0.3, 0.4) is 0 Å². The van der Waals surface area contributed by atoms with Crippen molar-refractivity contribution in [3.05, 3.63) is 23.9 Å². The fourth-order valence-electron chi connectivity index (χ4n) is 3.28. The summed E-state index contributed by atoms with van der Waals surface area (Å²) in [6.45, 7) is 1.58. The number of carbonyl (C=O) groups is 2. The van der Waals surface area contributed by atoms with Gasteiger partial charge in [0.2, 0.25) is 17.7 Å². The third-order valence-corrected chi connectivity index (χ3v) is 5.12. The lowest BCUT2D eigenvalue weighted by Crippen LogP contribution is -2.44. The molecule has 1 aromatic heterocycles. The number of rotatable bonds is 7. The van der Waals surface area contributed by atoms with Gasteiger partial charge in [0, 0.05) is 25.5 Å². The normalized spacial score (nSPS) is 19.0. The minimum atomic E-state index is -4.41. The molecule has 0 bridgehead atoms. The van der Waals surface area contributed by atoms with E-state index < -0.39 is 48.8 Å². The number of alkyl halides is 5. The van der Waals surface area contributed by atoms with Gasteiger partial charge in [-0.05, 0) is 43.4 Å². The monoisotopic (exact) mass is 436 g/mol. The molecule has 0 aromatic carbocycles. The van der Waals surface area contributed by atoms with Crippen molar-refractivity contribution < 1.29 is 31.5 Å². The minimum Gasteiger partial charge on any atom is -0.350 e. The average molecular weight is 436 g/mol. The van der Waals surface area contributed by atoms with Crippen LogP contribution >= 0.6 is 0 Å². The quantitative estimate of drug-likeness (QED) is 0.568.